The lowest BCUT2D eigenvalue weighted by Gasteiger charge is -2.24. The van der Waals surface area contributed by atoms with Crippen molar-refractivity contribution < 1.29 is 15.0 Å². The van der Waals surface area contributed by atoms with Crippen LogP contribution in [0.4, 0.5) is 0 Å². The number of hydrogen-bond donors (Lipinski definition) is 3. The molecule has 4 heteroatoms. The summed E-state index contributed by atoms with van der Waals surface area (Å²) in [6.45, 7) is 3.58. The van der Waals surface area contributed by atoms with Gasteiger partial charge in [0.25, 0.3) is 0 Å². The third-order valence-corrected chi connectivity index (χ3v) is 3.36. The molecule has 0 aromatic heterocycles. The molecule has 1 heterocycles. The molecule has 0 bridgehead atoms. The van der Waals surface area contributed by atoms with E-state index in [4.69, 9.17) is 5.11 Å². The summed E-state index contributed by atoms with van der Waals surface area (Å²) in [5.74, 6) is -0.431. The number of piperidine rings is 1. The Kier molecular flexibility index (Phi) is 3.33. The quantitative estimate of drug-likeness (QED) is 0.732. The van der Waals surface area contributed by atoms with Crippen LogP contribution in [-0.4, -0.2) is 29.3 Å². The van der Waals surface area contributed by atoms with E-state index < -0.39 is 5.97 Å². The number of rotatable bonds is 2. The monoisotopic (exact) mass is 235 g/mol. The molecule has 0 aliphatic carbocycles. The molecule has 2 rings (SSSR count). The maximum atomic E-state index is 11.0. The summed E-state index contributed by atoms with van der Waals surface area (Å²) < 4.78 is 0. The van der Waals surface area contributed by atoms with Gasteiger partial charge >= 0.3 is 5.97 Å². The number of carbonyl (C=O) groups is 1. The lowest BCUT2D eigenvalue weighted by Crippen LogP contribution is -2.26. The molecule has 4 nitrogen and oxygen atoms in total. The molecule has 0 saturated carbocycles. The fraction of sp³-hybridized carbons (Fsp3) is 0.462. The summed E-state index contributed by atoms with van der Waals surface area (Å²) in [4.78, 5) is 11.0. The van der Waals surface area contributed by atoms with E-state index in [1.54, 1.807) is 13.0 Å². The molecule has 1 aromatic rings. The molecule has 3 N–H and O–H groups in total. The van der Waals surface area contributed by atoms with E-state index in [9.17, 15) is 9.90 Å². The fourth-order valence-corrected chi connectivity index (χ4v) is 2.37. The highest BCUT2D eigenvalue weighted by Gasteiger charge is 2.21. The molecule has 17 heavy (non-hydrogen) atoms. The van der Waals surface area contributed by atoms with Crippen LogP contribution in [0.5, 0.6) is 5.75 Å². The third-order valence-electron chi connectivity index (χ3n) is 3.36. The van der Waals surface area contributed by atoms with E-state index in [-0.39, 0.29) is 17.2 Å². The third kappa shape index (κ3) is 2.42. The summed E-state index contributed by atoms with van der Waals surface area (Å²) in [6.07, 6.45) is 1.88. The minimum absolute atomic E-state index is 0.252. The average molecular weight is 235 g/mol. The molecule has 1 aromatic carbocycles. The van der Waals surface area contributed by atoms with Crippen LogP contribution in [-0.2, 0) is 0 Å². The number of hydrogen-bond acceptors (Lipinski definition) is 3. The molecule has 0 radical (unpaired) electrons. The van der Waals surface area contributed by atoms with E-state index in [2.05, 4.69) is 5.32 Å². The molecule has 1 aliphatic heterocycles. The molecule has 1 aliphatic rings. The van der Waals surface area contributed by atoms with Gasteiger partial charge in [0.05, 0.1) is 5.56 Å². The molecule has 0 spiro atoms. The lowest BCUT2D eigenvalue weighted by atomic mass is 9.87. The number of carboxylic acids is 1. The van der Waals surface area contributed by atoms with Crippen LogP contribution in [0.2, 0.25) is 0 Å². The zero-order chi connectivity index (χ0) is 12.4. The van der Waals surface area contributed by atoms with Crippen molar-refractivity contribution in [2.75, 3.05) is 13.1 Å². The van der Waals surface area contributed by atoms with E-state index in [1.807, 2.05) is 0 Å². The summed E-state index contributed by atoms with van der Waals surface area (Å²) >= 11 is 0. The number of carboxylic acid groups (broad SMARTS) is 1. The molecule has 1 fully saturated rings. The minimum Gasteiger partial charge on any atom is -0.507 e. The summed E-state index contributed by atoms with van der Waals surface area (Å²) in [5, 5.41) is 22.3. The van der Waals surface area contributed by atoms with Gasteiger partial charge in [0.15, 0.2) is 0 Å². The number of phenols is 1. The summed E-state index contributed by atoms with van der Waals surface area (Å²) in [7, 11) is 0. The first-order valence-electron chi connectivity index (χ1n) is 5.87. The lowest BCUT2D eigenvalue weighted by molar-refractivity contribution is 0.0696. The van der Waals surface area contributed by atoms with Gasteiger partial charge in [-0.05, 0) is 62.0 Å². The zero-order valence-electron chi connectivity index (χ0n) is 9.86. The van der Waals surface area contributed by atoms with Crippen molar-refractivity contribution in [1.82, 2.24) is 5.32 Å². The maximum absolute atomic E-state index is 11.0. The number of aryl methyl sites for hydroxylation is 1. The minimum atomic E-state index is -0.941. The van der Waals surface area contributed by atoms with Crippen molar-refractivity contribution in [3.63, 3.8) is 0 Å². The van der Waals surface area contributed by atoms with Crippen LogP contribution in [0.1, 0.15) is 40.2 Å². The second-order valence-corrected chi connectivity index (χ2v) is 4.56. The SMILES string of the molecule is Cc1cc(C(=O)O)cc(C2CCNCC2)c1O. The van der Waals surface area contributed by atoms with E-state index in [0.717, 1.165) is 31.5 Å². The van der Waals surface area contributed by atoms with Crippen molar-refractivity contribution in [2.45, 2.75) is 25.7 Å². The van der Waals surface area contributed by atoms with E-state index in [0.29, 0.717) is 5.56 Å². The fourth-order valence-electron chi connectivity index (χ4n) is 2.37. The predicted octanol–water partition coefficient (Wildman–Crippen LogP) is 1.87. The first-order chi connectivity index (χ1) is 8.09. The van der Waals surface area contributed by atoms with Crippen molar-refractivity contribution in [3.8, 4) is 5.75 Å². The number of phenolic OH excluding ortho intramolecular Hbond substituents is 1. The first-order valence-corrected chi connectivity index (χ1v) is 5.87. The smallest absolute Gasteiger partial charge is 0.335 e. The van der Waals surface area contributed by atoms with Crippen LogP contribution in [0, 0.1) is 6.92 Å². The molecule has 0 amide bonds. The highest BCUT2D eigenvalue weighted by Crippen LogP contribution is 2.35. The van der Waals surface area contributed by atoms with Gasteiger partial charge in [0, 0.05) is 0 Å². The van der Waals surface area contributed by atoms with E-state index in [1.165, 1.54) is 6.07 Å². The van der Waals surface area contributed by atoms with Gasteiger partial charge < -0.3 is 15.5 Å². The Labute approximate surface area is 100 Å². The zero-order valence-corrected chi connectivity index (χ0v) is 9.86. The summed E-state index contributed by atoms with van der Waals surface area (Å²) in [6, 6.07) is 3.13. The van der Waals surface area contributed by atoms with Gasteiger partial charge in [-0.15, -0.1) is 0 Å². The highest BCUT2D eigenvalue weighted by atomic mass is 16.4. The topological polar surface area (TPSA) is 69.6 Å². The second-order valence-electron chi connectivity index (χ2n) is 4.56. The van der Waals surface area contributed by atoms with Crippen molar-refractivity contribution in [3.05, 3.63) is 28.8 Å². The van der Waals surface area contributed by atoms with Gasteiger partial charge in [0.2, 0.25) is 0 Å². The molecular formula is C13H17NO3. The Morgan fingerprint density at radius 1 is 1.35 bits per heavy atom. The standard InChI is InChI=1S/C13H17NO3/c1-8-6-10(13(16)17)7-11(12(8)15)9-2-4-14-5-3-9/h6-7,9,14-15H,2-5H2,1H3,(H,16,17). The van der Waals surface area contributed by atoms with E-state index >= 15 is 0 Å². The van der Waals surface area contributed by atoms with Crippen LogP contribution in [0.25, 0.3) is 0 Å². The Hall–Kier alpha value is -1.55. The highest BCUT2D eigenvalue weighted by molar-refractivity contribution is 5.88. The first kappa shape index (κ1) is 11.9. The Morgan fingerprint density at radius 2 is 2.00 bits per heavy atom. The molecule has 0 atom stereocenters. The van der Waals surface area contributed by atoms with Gasteiger partial charge in [0.1, 0.15) is 5.75 Å². The summed E-state index contributed by atoms with van der Waals surface area (Å²) in [5.41, 5.74) is 1.68. The Morgan fingerprint density at radius 3 is 2.59 bits per heavy atom. The number of nitrogens with one attached hydrogen (secondary N) is 1. The van der Waals surface area contributed by atoms with Gasteiger partial charge in [-0.2, -0.15) is 0 Å². The Balaban J connectivity index is 2.40. The maximum Gasteiger partial charge on any atom is 0.335 e. The van der Waals surface area contributed by atoms with Gasteiger partial charge in [-0.3, -0.25) is 0 Å². The normalized spacial score (nSPS) is 17.0. The van der Waals surface area contributed by atoms with Crippen LogP contribution < -0.4 is 5.32 Å². The second kappa shape index (κ2) is 4.75. The van der Waals surface area contributed by atoms with Crippen LogP contribution in [0.3, 0.4) is 0 Å². The van der Waals surface area contributed by atoms with Crippen molar-refractivity contribution >= 4 is 5.97 Å². The van der Waals surface area contributed by atoms with Crippen LogP contribution in [0.15, 0.2) is 12.1 Å². The molecule has 0 unspecified atom stereocenters. The molecule has 1 saturated heterocycles. The average Bonchev–Trinajstić information content (AvgIpc) is 2.33. The van der Waals surface area contributed by atoms with Crippen molar-refractivity contribution in [1.29, 1.82) is 0 Å². The number of benzene rings is 1. The number of aromatic carboxylic acids is 1. The molecule has 92 valence electrons. The Bertz CT molecular complexity index is 437. The molecular weight excluding hydrogens is 218 g/mol. The largest absolute Gasteiger partial charge is 0.507 e. The van der Waals surface area contributed by atoms with Gasteiger partial charge in [-0.1, -0.05) is 0 Å². The van der Waals surface area contributed by atoms with Crippen molar-refractivity contribution in [2.24, 2.45) is 0 Å². The predicted molar refractivity (Wildman–Crippen MR) is 64.6 cm³/mol. The number of aromatic hydroxyl groups is 1. The van der Waals surface area contributed by atoms with Crippen LogP contribution >= 0.6 is 0 Å². The van der Waals surface area contributed by atoms with Gasteiger partial charge in [-0.25, -0.2) is 4.79 Å².